The van der Waals surface area contributed by atoms with Crippen molar-refractivity contribution >= 4 is 31.7 Å². The molecule has 0 aromatic carbocycles. The predicted octanol–water partition coefficient (Wildman–Crippen LogP) is -0.821. The Bertz CT molecular complexity index is 656. The first-order valence-corrected chi connectivity index (χ1v) is 9.37. The first-order valence-electron chi connectivity index (χ1n) is 7.84. The van der Waals surface area contributed by atoms with Gasteiger partial charge < -0.3 is 33.5 Å². The number of esters is 4. The molecule has 0 radical (unpaired) electrons. The molecule has 14 heteroatoms. The first-order chi connectivity index (χ1) is 12.8. The lowest BCUT2D eigenvalue weighted by Gasteiger charge is -2.43. The summed E-state index contributed by atoms with van der Waals surface area (Å²) in [6.07, 6.45) is -8.01. The van der Waals surface area contributed by atoms with Crippen molar-refractivity contribution in [3.8, 4) is 0 Å². The van der Waals surface area contributed by atoms with E-state index in [1.54, 1.807) is 0 Å². The molecule has 1 heterocycles. The summed E-state index contributed by atoms with van der Waals surface area (Å²) in [6, 6.07) is 0. The van der Waals surface area contributed by atoms with Gasteiger partial charge >= 0.3 is 31.7 Å². The summed E-state index contributed by atoms with van der Waals surface area (Å²) < 4.78 is 40.9. The molecule has 1 aliphatic rings. The van der Waals surface area contributed by atoms with E-state index in [1.807, 2.05) is 0 Å². The Hall–Kier alpha value is -2.05. The number of rotatable bonds is 7. The summed E-state index contributed by atoms with van der Waals surface area (Å²) in [5, 5.41) is 0. The third-order valence-electron chi connectivity index (χ3n) is 3.19. The molecule has 5 atom stereocenters. The number of carbonyl (C=O) groups excluding carboxylic acids is 4. The molecule has 1 saturated heterocycles. The van der Waals surface area contributed by atoms with E-state index in [1.165, 1.54) is 0 Å². The third-order valence-corrected chi connectivity index (χ3v) is 3.67. The Labute approximate surface area is 159 Å². The highest BCUT2D eigenvalue weighted by atomic mass is 31.2. The Morgan fingerprint density at radius 1 is 0.821 bits per heavy atom. The minimum Gasteiger partial charge on any atom is -0.463 e. The van der Waals surface area contributed by atoms with Crippen molar-refractivity contribution in [1.82, 2.24) is 0 Å². The van der Waals surface area contributed by atoms with Crippen LogP contribution in [0.25, 0.3) is 0 Å². The molecule has 0 aromatic heterocycles. The largest absolute Gasteiger partial charge is 0.472 e. The second-order valence-electron chi connectivity index (χ2n) is 5.66. The van der Waals surface area contributed by atoms with Gasteiger partial charge in [-0.25, -0.2) is 4.57 Å². The van der Waals surface area contributed by atoms with E-state index in [4.69, 9.17) is 33.5 Å². The van der Waals surface area contributed by atoms with Crippen LogP contribution >= 0.6 is 7.82 Å². The van der Waals surface area contributed by atoms with Gasteiger partial charge in [0, 0.05) is 27.7 Å². The van der Waals surface area contributed by atoms with Crippen LogP contribution in [-0.4, -0.2) is 71.0 Å². The molecular weight excluding hydrogens is 407 g/mol. The average Bonchev–Trinajstić information content (AvgIpc) is 2.48. The maximum absolute atomic E-state index is 11.5. The van der Waals surface area contributed by atoms with E-state index < -0.39 is 69.0 Å². The van der Waals surface area contributed by atoms with Crippen LogP contribution in [-0.2, 0) is 52.0 Å². The number of hydrogen-bond acceptors (Lipinski definition) is 11. The van der Waals surface area contributed by atoms with Gasteiger partial charge in [-0.2, -0.15) is 0 Å². The van der Waals surface area contributed by atoms with Crippen LogP contribution in [0.15, 0.2) is 0 Å². The topological polar surface area (TPSA) is 181 Å². The van der Waals surface area contributed by atoms with Crippen molar-refractivity contribution < 1.29 is 61.7 Å². The Balaban J connectivity index is 3.34. The molecule has 0 aliphatic carbocycles. The zero-order valence-corrected chi connectivity index (χ0v) is 16.3. The fourth-order valence-electron chi connectivity index (χ4n) is 2.41. The monoisotopic (exact) mass is 428 g/mol. The summed E-state index contributed by atoms with van der Waals surface area (Å²) in [4.78, 5) is 63.7. The van der Waals surface area contributed by atoms with Crippen LogP contribution in [0.3, 0.4) is 0 Å². The lowest BCUT2D eigenvalue weighted by molar-refractivity contribution is -0.291. The average molecular weight is 428 g/mol. The Kier molecular flexibility index (Phi) is 8.51. The molecule has 3 unspecified atom stereocenters. The van der Waals surface area contributed by atoms with Crippen LogP contribution in [0.4, 0.5) is 0 Å². The quantitative estimate of drug-likeness (QED) is 0.292. The van der Waals surface area contributed by atoms with E-state index in [9.17, 15) is 23.7 Å². The molecule has 13 nitrogen and oxygen atoms in total. The van der Waals surface area contributed by atoms with Crippen molar-refractivity contribution in [3.05, 3.63) is 0 Å². The van der Waals surface area contributed by atoms with Gasteiger partial charge in [0.05, 0.1) is 0 Å². The first kappa shape index (κ1) is 24.0. The highest BCUT2D eigenvalue weighted by molar-refractivity contribution is 7.46. The summed E-state index contributed by atoms with van der Waals surface area (Å²) >= 11 is 0. The van der Waals surface area contributed by atoms with Gasteiger partial charge in [-0.3, -0.25) is 23.7 Å². The van der Waals surface area contributed by atoms with Crippen molar-refractivity contribution in [3.63, 3.8) is 0 Å². The highest BCUT2D eigenvalue weighted by Gasteiger charge is 2.54. The molecule has 0 amide bonds. The molecule has 0 aromatic rings. The lowest BCUT2D eigenvalue weighted by atomic mass is 9.98. The molecule has 0 bridgehead atoms. The van der Waals surface area contributed by atoms with Gasteiger partial charge in [0.15, 0.2) is 18.3 Å². The molecule has 1 rings (SSSR count). The minimum absolute atomic E-state index is 0.543. The van der Waals surface area contributed by atoms with Crippen LogP contribution in [0, 0.1) is 0 Å². The number of phosphoric ester groups is 1. The van der Waals surface area contributed by atoms with Gasteiger partial charge in [-0.15, -0.1) is 0 Å². The standard InChI is InChI=1S/C14H21O13P/c1-6(15)22-5-10-11(23-7(2)16)12(24-8(3)17)13(25-9(4)18)14(26-10)27-28(19,20)21/h10-14H,5H2,1-4H3,(H2,19,20,21)/t10?,11-,12?,13?,14+/m1/s1. The SMILES string of the molecule is CC(=O)OCC1O[C@@H](OP(=O)(O)O)C(OC(C)=O)C(OC(C)=O)[C@@H]1OC(C)=O. The van der Waals surface area contributed by atoms with Crippen LogP contribution < -0.4 is 0 Å². The lowest BCUT2D eigenvalue weighted by Crippen LogP contribution is -2.62. The molecule has 1 fully saturated rings. The molecular formula is C14H21O13P. The molecule has 160 valence electrons. The fraction of sp³-hybridized carbons (Fsp3) is 0.714. The third kappa shape index (κ3) is 7.90. The summed E-state index contributed by atoms with van der Waals surface area (Å²) in [7, 11) is -5.16. The van der Waals surface area contributed by atoms with Crippen LogP contribution in [0.1, 0.15) is 27.7 Å². The number of hydrogen-bond donors (Lipinski definition) is 2. The maximum Gasteiger partial charge on any atom is 0.472 e. The van der Waals surface area contributed by atoms with Crippen LogP contribution in [0.5, 0.6) is 0 Å². The predicted molar refractivity (Wildman–Crippen MR) is 85.1 cm³/mol. The molecule has 1 aliphatic heterocycles. The van der Waals surface area contributed by atoms with Crippen molar-refractivity contribution in [2.45, 2.75) is 58.4 Å². The van der Waals surface area contributed by atoms with E-state index in [0.717, 1.165) is 27.7 Å². The van der Waals surface area contributed by atoms with Crippen LogP contribution in [0.2, 0.25) is 0 Å². The van der Waals surface area contributed by atoms with E-state index in [2.05, 4.69) is 4.52 Å². The summed E-state index contributed by atoms with van der Waals surface area (Å²) in [5.41, 5.74) is 0. The van der Waals surface area contributed by atoms with Gasteiger partial charge in [-0.1, -0.05) is 0 Å². The smallest absolute Gasteiger partial charge is 0.463 e. The van der Waals surface area contributed by atoms with Crippen molar-refractivity contribution in [2.75, 3.05) is 6.61 Å². The second-order valence-corrected chi connectivity index (χ2v) is 6.86. The molecule has 0 saturated carbocycles. The minimum atomic E-state index is -5.16. The van der Waals surface area contributed by atoms with E-state index in [0.29, 0.717) is 0 Å². The zero-order chi connectivity index (χ0) is 21.6. The fourth-order valence-corrected chi connectivity index (χ4v) is 2.85. The molecule has 28 heavy (non-hydrogen) atoms. The van der Waals surface area contributed by atoms with E-state index >= 15 is 0 Å². The number of ether oxygens (including phenoxy) is 5. The number of carbonyl (C=O) groups is 4. The summed E-state index contributed by atoms with van der Waals surface area (Å²) in [5.74, 6) is -3.38. The highest BCUT2D eigenvalue weighted by Crippen LogP contribution is 2.42. The molecule has 0 spiro atoms. The van der Waals surface area contributed by atoms with Crippen molar-refractivity contribution in [1.29, 1.82) is 0 Å². The maximum atomic E-state index is 11.5. The zero-order valence-electron chi connectivity index (χ0n) is 15.4. The normalized spacial score (nSPS) is 27.4. The van der Waals surface area contributed by atoms with Gasteiger partial charge in [-0.05, 0) is 0 Å². The molecule has 2 N–H and O–H groups in total. The second kappa shape index (κ2) is 9.94. The van der Waals surface area contributed by atoms with E-state index in [-0.39, 0.29) is 0 Å². The Morgan fingerprint density at radius 3 is 1.71 bits per heavy atom. The van der Waals surface area contributed by atoms with Gasteiger partial charge in [0.2, 0.25) is 6.29 Å². The summed E-state index contributed by atoms with van der Waals surface area (Å²) in [6.45, 7) is 3.56. The van der Waals surface area contributed by atoms with Gasteiger partial charge in [0.1, 0.15) is 12.7 Å². The Morgan fingerprint density at radius 2 is 1.29 bits per heavy atom. The van der Waals surface area contributed by atoms with Crippen molar-refractivity contribution in [2.24, 2.45) is 0 Å². The van der Waals surface area contributed by atoms with Gasteiger partial charge in [0.25, 0.3) is 0 Å². The number of phosphoric acid groups is 1.